The summed E-state index contributed by atoms with van der Waals surface area (Å²) in [4.78, 5) is 26.2. The lowest BCUT2D eigenvalue weighted by Gasteiger charge is -2.29. The summed E-state index contributed by atoms with van der Waals surface area (Å²) >= 11 is 3.50. The number of ether oxygens (including phenoxy) is 1. The first-order valence-corrected chi connectivity index (χ1v) is 10.5. The quantitative estimate of drug-likeness (QED) is 0.280. The molecule has 5 rings (SSSR count). The lowest BCUT2D eigenvalue weighted by atomic mass is 10.0. The maximum absolute atomic E-state index is 12.1. The van der Waals surface area contributed by atoms with E-state index in [1.807, 2.05) is 47.4 Å². The van der Waals surface area contributed by atoms with Crippen LogP contribution in [0.5, 0.6) is 11.6 Å². The maximum atomic E-state index is 12.1. The monoisotopic (exact) mass is 477 g/mol. The molecule has 0 unspecified atom stereocenters. The van der Waals surface area contributed by atoms with Gasteiger partial charge in [-0.25, -0.2) is 4.98 Å². The Kier molecular flexibility index (Phi) is 4.95. The second-order valence-electron chi connectivity index (χ2n) is 7.04. The van der Waals surface area contributed by atoms with E-state index in [0.29, 0.717) is 17.8 Å². The molecule has 1 aliphatic rings. The molecule has 4 aromatic rings. The molecule has 9 heteroatoms. The number of nitro groups is 1. The summed E-state index contributed by atoms with van der Waals surface area (Å²) in [5.41, 5.74) is 2.35. The van der Waals surface area contributed by atoms with Gasteiger partial charge in [0.2, 0.25) is 5.82 Å². The van der Waals surface area contributed by atoms with Gasteiger partial charge in [-0.2, -0.15) is 4.98 Å². The van der Waals surface area contributed by atoms with Crippen molar-refractivity contribution in [1.82, 2.24) is 15.0 Å². The molecule has 31 heavy (non-hydrogen) atoms. The van der Waals surface area contributed by atoms with Gasteiger partial charge in [0.15, 0.2) is 5.75 Å². The molecule has 1 aliphatic heterocycles. The molecule has 0 spiro atoms. The number of aromatic nitrogens is 3. The predicted molar refractivity (Wildman–Crippen MR) is 120 cm³/mol. The summed E-state index contributed by atoms with van der Waals surface area (Å²) in [6, 6.07) is 15.1. The second kappa shape index (κ2) is 7.92. The van der Waals surface area contributed by atoms with Crippen molar-refractivity contribution in [3.63, 3.8) is 0 Å². The van der Waals surface area contributed by atoms with E-state index in [-0.39, 0.29) is 17.4 Å². The van der Waals surface area contributed by atoms with Gasteiger partial charge in [0.25, 0.3) is 0 Å². The predicted octanol–water partition coefficient (Wildman–Crippen LogP) is 5.57. The molecule has 2 aromatic heterocycles. The second-order valence-corrected chi connectivity index (χ2v) is 7.89. The molecule has 3 heterocycles. The smallest absolute Gasteiger partial charge is 0.373 e. The van der Waals surface area contributed by atoms with E-state index in [1.165, 1.54) is 6.33 Å². The largest absolute Gasteiger partial charge is 0.431 e. The lowest BCUT2D eigenvalue weighted by molar-refractivity contribution is -0.385. The van der Waals surface area contributed by atoms with E-state index < -0.39 is 4.92 Å². The highest BCUT2D eigenvalue weighted by Gasteiger charge is 2.31. The summed E-state index contributed by atoms with van der Waals surface area (Å²) < 4.78 is 6.81. The number of nitrogens with zero attached hydrogens (tertiary/aromatic N) is 5. The zero-order chi connectivity index (χ0) is 21.4. The number of fused-ring (bicyclic) bond motifs is 2. The van der Waals surface area contributed by atoms with Crippen LogP contribution in [0.3, 0.4) is 0 Å². The molecule has 0 amide bonds. The summed E-state index contributed by atoms with van der Waals surface area (Å²) in [6.45, 7) is 0.622. The van der Waals surface area contributed by atoms with Crippen molar-refractivity contribution in [2.24, 2.45) is 0 Å². The average molecular weight is 478 g/mol. The van der Waals surface area contributed by atoms with Gasteiger partial charge in [0.1, 0.15) is 11.8 Å². The average Bonchev–Trinajstić information content (AvgIpc) is 2.80. The van der Waals surface area contributed by atoms with Crippen LogP contribution in [0.1, 0.15) is 12.0 Å². The van der Waals surface area contributed by atoms with Crippen molar-refractivity contribution in [1.29, 1.82) is 0 Å². The fourth-order valence-corrected chi connectivity index (χ4v) is 4.29. The van der Waals surface area contributed by atoms with Gasteiger partial charge in [0, 0.05) is 28.3 Å². The molecular weight excluding hydrogens is 462 g/mol. The van der Waals surface area contributed by atoms with Crippen LogP contribution in [0.15, 0.2) is 65.5 Å². The summed E-state index contributed by atoms with van der Waals surface area (Å²) in [5.74, 6) is 0.481. The van der Waals surface area contributed by atoms with E-state index >= 15 is 0 Å². The third-order valence-corrected chi connectivity index (χ3v) is 5.90. The van der Waals surface area contributed by atoms with Crippen LogP contribution in [0.2, 0.25) is 0 Å². The van der Waals surface area contributed by atoms with Gasteiger partial charge in [-0.05, 0) is 42.7 Å². The van der Waals surface area contributed by atoms with Crippen molar-refractivity contribution < 1.29 is 9.66 Å². The minimum absolute atomic E-state index is 0.118. The van der Waals surface area contributed by atoms with Crippen LogP contribution in [0, 0.1) is 10.1 Å². The summed E-state index contributed by atoms with van der Waals surface area (Å²) in [7, 11) is 0. The van der Waals surface area contributed by atoms with Crippen LogP contribution in [0.25, 0.3) is 10.9 Å². The molecule has 0 radical (unpaired) electrons. The minimum atomic E-state index is -0.490. The number of rotatable bonds is 4. The Hall–Kier alpha value is -3.59. The van der Waals surface area contributed by atoms with Gasteiger partial charge in [-0.15, -0.1) is 0 Å². The van der Waals surface area contributed by atoms with E-state index in [9.17, 15) is 10.1 Å². The number of anilines is 2. The molecule has 0 bridgehead atoms. The molecule has 0 saturated carbocycles. The van der Waals surface area contributed by atoms with Crippen molar-refractivity contribution in [3.8, 4) is 11.6 Å². The molecule has 2 aromatic carbocycles. The van der Waals surface area contributed by atoms with Gasteiger partial charge in [-0.1, -0.05) is 40.2 Å². The van der Waals surface area contributed by atoms with Crippen molar-refractivity contribution in [2.75, 3.05) is 11.4 Å². The van der Waals surface area contributed by atoms with Crippen LogP contribution in [-0.2, 0) is 6.42 Å². The Morgan fingerprint density at radius 3 is 2.81 bits per heavy atom. The van der Waals surface area contributed by atoms with Gasteiger partial charge in [0.05, 0.1) is 4.92 Å². The van der Waals surface area contributed by atoms with Crippen LogP contribution >= 0.6 is 15.9 Å². The van der Waals surface area contributed by atoms with Crippen molar-refractivity contribution in [3.05, 3.63) is 81.2 Å². The molecule has 0 N–H and O–H groups in total. The highest BCUT2D eigenvalue weighted by atomic mass is 79.9. The Balaban J connectivity index is 1.63. The van der Waals surface area contributed by atoms with E-state index in [4.69, 9.17) is 4.74 Å². The van der Waals surface area contributed by atoms with Crippen LogP contribution in [0.4, 0.5) is 17.2 Å². The fourth-order valence-electron chi connectivity index (χ4n) is 3.84. The number of hydrogen-bond donors (Lipinski definition) is 0. The fraction of sp³-hybridized carbons (Fsp3) is 0.136. The van der Waals surface area contributed by atoms with Crippen molar-refractivity contribution in [2.45, 2.75) is 12.8 Å². The highest BCUT2D eigenvalue weighted by molar-refractivity contribution is 9.10. The third kappa shape index (κ3) is 3.46. The number of halogens is 1. The number of benzene rings is 2. The van der Waals surface area contributed by atoms with E-state index in [0.717, 1.165) is 34.0 Å². The van der Waals surface area contributed by atoms with E-state index in [1.54, 1.807) is 12.3 Å². The number of pyridine rings is 1. The maximum Gasteiger partial charge on any atom is 0.373 e. The first kappa shape index (κ1) is 19.4. The minimum Gasteiger partial charge on any atom is -0.431 e. The molecule has 8 nitrogen and oxygen atoms in total. The summed E-state index contributed by atoms with van der Waals surface area (Å²) in [6.07, 6.45) is 4.73. The Labute approximate surface area is 185 Å². The molecule has 0 aliphatic carbocycles. The number of hydrogen-bond acceptors (Lipinski definition) is 7. The molecule has 0 atom stereocenters. The lowest BCUT2D eigenvalue weighted by Crippen LogP contribution is -2.26. The third-order valence-electron chi connectivity index (χ3n) is 5.20. The topological polar surface area (TPSA) is 94.3 Å². The molecule has 0 fully saturated rings. The Morgan fingerprint density at radius 1 is 1.06 bits per heavy atom. The Morgan fingerprint density at radius 2 is 1.94 bits per heavy atom. The molecule has 0 saturated heterocycles. The first-order valence-electron chi connectivity index (χ1n) is 9.69. The first-order chi connectivity index (χ1) is 15.1. The zero-order valence-corrected chi connectivity index (χ0v) is 17.8. The Bertz CT molecular complexity index is 1310. The SMILES string of the molecule is O=[N+]([O-])c1c(Oc2ccc(Br)c3cccnc23)ncnc1N1CCCc2ccccc21. The molecular formula is C22H16BrN5O3. The molecule has 154 valence electrons. The standard InChI is InChI=1S/C22H16BrN5O3/c23-16-9-10-18(19-15(16)7-3-11-24-19)31-22-20(28(29)30)21(25-13-26-22)27-12-4-6-14-5-1-2-8-17(14)27/h1-3,5,7-11,13H,4,6,12H2. The summed E-state index contributed by atoms with van der Waals surface area (Å²) in [5, 5.41) is 12.9. The van der Waals surface area contributed by atoms with Gasteiger partial charge in [-0.3, -0.25) is 15.1 Å². The highest BCUT2D eigenvalue weighted by Crippen LogP contribution is 2.42. The van der Waals surface area contributed by atoms with Gasteiger partial charge < -0.3 is 9.64 Å². The van der Waals surface area contributed by atoms with Crippen LogP contribution in [-0.4, -0.2) is 26.4 Å². The van der Waals surface area contributed by atoms with Crippen molar-refractivity contribution >= 4 is 44.0 Å². The van der Waals surface area contributed by atoms with Gasteiger partial charge >= 0.3 is 11.6 Å². The zero-order valence-electron chi connectivity index (χ0n) is 16.2. The number of aryl methyl sites for hydroxylation is 1. The normalized spacial score (nSPS) is 13.1. The van der Waals surface area contributed by atoms with Crippen LogP contribution < -0.4 is 9.64 Å². The van der Waals surface area contributed by atoms with E-state index in [2.05, 4.69) is 30.9 Å². The number of para-hydroxylation sites is 1.